The summed E-state index contributed by atoms with van der Waals surface area (Å²) < 4.78 is 5.68. The minimum atomic E-state index is 0. The summed E-state index contributed by atoms with van der Waals surface area (Å²) in [5.41, 5.74) is 1.78. The first-order valence-electron chi connectivity index (χ1n) is 10.1. The normalized spacial score (nSPS) is 15.4. The van der Waals surface area contributed by atoms with Crippen molar-refractivity contribution in [3.8, 4) is 0 Å². The van der Waals surface area contributed by atoms with Gasteiger partial charge in [0.25, 0.3) is 5.91 Å². The molecule has 0 radical (unpaired) electrons. The molecule has 1 amide bonds. The van der Waals surface area contributed by atoms with Crippen LogP contribution < -0.4 is 10.6 Å². The zero-order valence-electron chi connectivity index (χ0n) is 17.9. The van der Waals surface area contributed by atoms with Crippen molar-refractivity contribution in [1.82, 2.24) is 20.4 Å². The van der Waals surface area contributed by atoms with E-state index in [1.807, 2.05) is 36.4 Å². The predicted molar refractivity (Wildman–Crippen MR) is 130 cm³/mol. The van der Waals surface area contributed by atoms with Gasteiger partial charge in [0.15, 0.2) is 5.96 Å². The van der Waals surface area contributed by atoms with E-state index in [0.717, 1.165) is 36.9 Å². The van der Waals surface area contributed by atoms with Crippen molar-refractivity contribution in [2.24, 2.45) is 4.99 Å². The Balaban J connectivity index is 0.00000320. The monoisotopic (exact) mass is 525 g/mol. The average Bonchev–Trinajstić information content (AvgIpc) is 3.45. The summed E-state index contributed by atoms with van der Waals surface area (Å²) in [7, 11) is 5.28. The lowest BCUT2D eigenvalue weighted by molar-refractivity contribution is 0.0827. The summed E-state index contributed by atoms with van der Waals surface area (Å²) >= 11 is 0. The lowest BCUT2D eigenvalue weighted by Gasteiger charge is -2.26. The Labute approximate surface area is 195 Å². The van der Waals surface area contributed by atoms with Crippen LogP contribution in [0.2, 0.25) is 0 Å². The van der Waals surface area contributed by atoms with E-state index >= 15 is 0 Å². The van der Waals surface area contributed by atoms with Crippen molar-refractivity contribution < 1.29 is 9.21 Å². The third-order valence-corrected chi connectivity index (χ3v) is 5.21. The van der Waals surface area contributed by atoms with Crippen molar-refractivity contribution >= 4 is 35.8 Å². The van der Waals surface area contributed by atoms with Crippen molar-refractivity contribution in [3.05, 3.63) is 59.5 Å². The smallest absolute Gasteiger partial charge is 0.253 e. The van der Waals surface area contributed by atoms with Crippen LogP contribution in [0.5, 0.6) is 0 Å². The standard InChI is InChI=1S/C22H31N5O2.HI/c1-23-22(24-15-17-8-10-18(11-9-17)21(28)26(2)3)25-16-19(20-7-6-14-29-20)27-12-4-5-13-27;/h6-11,14,19H,4-5,12-13,15-16H2,1-3H3,(H2,23,24,25);1H. The minimum Gasteiger partial charge on any atom is -0.468 e. The maximum Gasteiger partial charge on any atom is 0.253 e. The number of rotatable bonds is 7. The summed E-state index contributed by atoms with van der Waals surface area (Å²) in [5, 5.41) is 6.77. The van der Waals surface area contributed by atoms with Gasteiger partial charge in [-0.2, -0.15) is 0 Å². The first-order valence-corrected chi connectivity index (χ1v) is 10.1. The van der Waals surface area contributed by atoms with Crippen molar-refractivity contribution in [2.75, 3.05) is 40.8 Å². The molecule has 1 aliphatic rings. The van der Waals surface area contributed by atoms with Gasteiger partial charge >= 0.3 is 0 Å². The van der Waals surface area contributed by atoms with Crippen molar-refractivity contribution in [1.29, 1.82) is 0 Å². The number of furan rings is 1. The molecular formula is C22H32IN5O2. The average molecular weight is 525 g/mol. The fraction of sp³-hybridized carbons (Fsp3) is 0.455. The van der Waals surface area contributed by atoms with Gasteiger partial charge in [0.2, 0.25) is 0 Å². The maximum atomic E-state index is 12.0. The second kappa shape index (κ2) is 11.9. The summed E-state index contributed by atoms with van der Waals surface area (Å²) in [6.07, 6.45) is 4.20. The Morgan fingerprint density at radius 2 is 1.87 bits per heavy atom. The number of carbonyl (C=O) groups is 1. The molecule has 1 saturated heterocycles. The number of amides is 1. The summed E-state index contributed by atoms with van der Waals surface area (Å²) in [6, 6.07) is 11.8. The summed E-state index contributed by atoms with van der Waals surface area (Å²) in [4.78, 5) is 20.4. The SMILES string of the molecule is CN=C(NCc1ccc(C(=O)N(C)C)cc1)NCC(c1ccco1)N1CCCC1.I. The van der Waals surface area contributed by atoms with Crippen molar-refractivity contribution in [2.45, 2.75) is 25.4 Å². The van der Waals surface area contributed by atoms with Gasteiger partial charge in [-0.3, -0.25) is 14.7 Å². The first-order chi connectivity index (χ1) is 14.1. The molecule has 2 heterocycles. The number of hydrogen-bond donors (Lipinski definition) is 2. The van der Waals surface area contributed by atoms with Gasteiger partial charge < -0.3 is 20.0 Å². The zero-order chi connectivity index (χ0) is 20.6. The largest absolute Gasteiger partial charge is 0.468 e. The molecule has 1 fully saturated rings. The Bertz CT molecular complexity index is 799. The van der Waals surface area contributed by atoms with Crippen LogP contribution in [0, 0.1) is 0 Å². The molecule has 164 valence electrons. The number of aliphatic imine (C=N–C) groups is 1. The van der Waals surface area contributed by atoms with Crippen LogP contribution in [0.3, 0.4) is 0 Å². The van der Waals surface area contributed by atoms with Gasteiger partial charge in [-0.25, -0.2) is 0 Å². The van der Waals surface area contributed by atoms with Crippen molar-refractivity contribution in [3.63, 3.8) is 0 Å². The van der Waals surface area contributed by atoms with E-state index < -0.39 is 0 Å². The molecule has 30 heavy (non-hydrogen) atoms. The van der Waals surface area contributed by atoms with Crippen LogP contribution >= 0.6 is 24.0 Å². The predicted octanol–water partition coefficient (Wildman–Crippen LogP) is 3.10. The van der Waals surface area contributed by atoms with E-state index in [1.165, 1.54) is 12.8 Å². The fourth-order valence-electron chi connectivity index (χ4n) is 3.57. The fourth-order valence-corrected chi connectivity index (χ4v) is 3.57. The second-order valence-corrected chi connectivity index (χ2v) is 7.48. The molecule has 0 spiro atoms. The second-order valence-electron chi connectivity index (χ2n) is 7.48. The number of benzene rings is 1. The number of guanidine groups is 1. The van der Waals surface area contributed by atoms with E-state index in [2.05, 4.69) is 20.5 Å². The van der Waals surface area contributed by atoms with E-state index in [-0.39, 0.29) is 35.9 Å². The Morgan fingerprint density at radius 1 is 1.17 bits per heavy atom. The molecule has 8 heteroatoms. The highest BCUT2D eigenvalue weighted by Crippen LogP contribution is 2.24. The Hall–Kier alpha value is -2.07. The molecule has 1 atom stereocenters. The lowest BCUT2D eigenvalue weighted by Crippen LogP contribution is -2.42. The minimum absolute atomic E-state index is 0. The molecule has 7 nitrogen and oxygen atoms in total. The van der Waals surface area contributed by atoms with Gasteiger partial charge in [0.1, 0.15) is 5.76 Å². The molecule has 1 aromatic carbocycles. The molecular weight excluding hydrogens is 493 g/mol. The van der Waals surface area contributed by atoms with E-state index in [4.69, 9.17) is 4.42 Å². The highest BCUT2D eigenvalue weighted by Gasteiger charge is 2.25. The molecule has 3 rings (SSSR count). The molecule has 1 aromatic heterocycles. The lowest BCUT2D eigenvalue weighted by atomic mass is 10.1. The van der Waals surface area contributed by atoms with Crippen LogP contribution in [-0.4, -0.2) is 62.4 Å². The number of carbonyl (C=O) groups excluding carboxylic acids is 1. The quantitative estimate of drug-likeness (QED) is 0.330. The van der Waals surface area contributed by atoms with Gasteiger partial charge in [-0.15, -0.1) is 24.0 Å². The van der Waals surface area contributed by atoms with E-state index in [1.54, 1.807) is 32.3 Å². The molecule has 1 unspecified atom stereocenters. The Morgan fingerprint density at radius 3 is 2.43 bits per heavy atom. The van der Waals surface area contributed by atoms with Crippen LogP contribution in [-0.2, 0) is 6.54 Å². The number of nitrogens with one attached hydrogen (secondary N) is 2. The Kier molecular flexibility index (Phi) is 9.64. The van der Waals surface area contributed by atoms with Crippen LogP contribution in [0.1, 0.15) is 40.6 Å². The van der Waals surface area contributed by atoms with E-state index in [9.17, 15) is 4.79 Å². The van der Waals surface area contributed by atoms with Gasteiger partial charge in [0.05, 0.1) is 12.3 Å². The topological polar surface area (TPSA) is 73.1 Å². The summed E-state index contributed by atoms with van der Waals surface area (Å²) in [6.45, 7) is 3.54. The highest BCUT2D eigenvalue weighted by atomic mass is 127. The molecule has 0 saturated carbocycles. The molecule has 2 N–H and O–H groups in total. The van der Waals surface area contributed by atoms with Crippen LogP contribution in [0.4, 0.5) is 0 Å². The molecule has 1 aliphatic heterocycles. The number of hydrogen-bond acceptors (Lipinski definition) is 4. The van der Waals surface area contributed by atoms with Crippen LogP contribution in [0.15, 0.2) is 52.1 Å². The molecule has 2 aromatic rings. The zero-order valence-corrected chi connectivity index (χ0v) is 20.3. The molecule has 0 bridgehead atoms. The molecule has 0 aliphatic carbocycles. The number of nitrogens with zero attached hydrogens (tertiary/aromatic N) is 3. The third-order valence-electron chi connectivity index (χ3n) is 5.21. The van der Waals surface area contributed by atoms with E-state index in [0.29, 0.717) is 12.1 Å². The van der Waals surface area contributed by atoms with Gasteiger partial charge in [0, 0.05) is 39.8 Å². The number of halogens is 1. The first kappa shape index (κ1) is 24.2. The van der Waals surface area contributed by atoms with Gasteiger partial charge in [-0.05, 0) is 55.8 Å². The maximum absolute atomic E-state index is 12.0. The summed E-state index contributed by atoms with van der Waals surface area (Å²) in [5.74, 6) is 1.73. The third kappa shape index (κ3) is 6.46. The van der Waals surface area contributed by atoms with Crippen LogP contribution in [0.25, 0.3) is 0 Å². The highest BCUT2D eigenvalue weighted by molar-refractivity contribution is 14.0. The number of likely N-dealkylation sites (tertiary alicyclic amines) is 1. The van der Waals surface area contributed by atoms with Gasteiger partial charge in [-0.1, -0.05) is 12.1 Å².